The van der Waals surface area contributed by atoms with Crippen molar-refractivity contribution in [1.82, 2.24) is 24.9 Å². The molecule has 1 aliphatic rings. The molecule has 4 heterocycles. The smallest absolute Gasteiger partial charge is 0.192 e. The van der Waals surface area contributed by atoms with Crippen LogP contribution in [0, 0.1) is 0 Å². The normalized spacial score (nSPS) is 16.0. The highest BCUT2D eigenvalue weighted by Crippen LogP contribution is 2.33. The van der Waals surface area contributed by atoms with Crippen LogP contribution < -0.4 is 0 Å². The van der Waals surface area contributed by atoms with Gasteiger partial charge in [0.1, 0.15) is 11.5 Å². The number of nitrogens with zero attached hydrogens (tertiary/aromatic N) is 4. The molecule has 9 heteroatoms. The molecule has 0 saturated carbocycles. The van der Waals surface area contributed by atoms with Gasteiger partial charge in [0, 0.05) is 45.9 Å². The molecule has 1 fully saturated rings. The van der Waals surface area contributed by atoms with Crippen molar-refractivity contribution in [3.05, 3.63) is 71.6 Å². The Kier molecular flexibility index (Phi) is 5.86. The van der Waals surface area contributed by atoms with E-state index in [1.165, 1.54) is 0 Å². The van der Waals surface area contributed by atoms with Gasteiger partial charge >= 0.3 is 0 Å². The first-order chi connectivity index (χ1) is 16.7. The Morgan fingerprint density at radius 1 is 1.12 bits per heavy atom. The Hall–Kier alpha value is -3.07. The zero-order valence-electron chi connectivity index (χ0n) is 18.3. The molecule has 3 aromatic heterocycles. The number of fused-ring (bicyclic) bond motifs is 1. The Bertz CT molecular complexity index is 1420. The summed E-state index contributed by atoms with van der Waals surface area (Å²) in [5.74, 6) is 2.21. The Labute approximate surface area is 205 Å². The third-order valence-electron chi connectivity index (χ3n) is 6.00. The maximum absolute atomic E-state index is 6.00. The molecule has 0 aliphatic carbocycles. The number of ether oxygens (including phenoxy) is 1. The van der Waals surface area contributed by atoms with Gasteiger partial charge in [-0.05, 0) is 31.0 Å². The van der Waals surface area contributed by atoms with Crippen LogP contribution in [0.3, 0.4) is 0 Å². The number of aromatic nitrogens is 5. The standard InChI is InChI=1S/C25H22ClN5O2S/c26-17-9-7-16(8-10-17)23-12-19(33-30-23)15-34-25-29-28-24(31(25)14-18-4-3-11-32-18)21-13-27-22-6-2-1-5-20(21)22/h1-2,5-10,12-13,18,27H,3-4,11,14-15H2. The van der Waals surface area contributed by atoms with E-state index in [4.69, 9.17) is 20.9 Å². The fourth-order valence-electron chi connectivity index (χ4n) is 4.28. The van der Waals surface area contributed by atoms with Crippen molar-refractivity contribution in [2.45, 2.75) is 36.4 Å². The minimum atomic E-state index is 0.168. The molecule has 7 nitrogen and oxygen atoms in total. The van der Waals surface area contributed by atoms with Gasteiger partial charge in [0.2, 0.25) is 0 Å². The average Bonchev–Trinajstić information content (AvgIpc) is 3.66. The molecule has 1 saturated heterocycles. The summed E-state index contributed by atoms with van der Waals surface area (Å²) in [4.78, 5) is 3.35. The van der Waals surface area contributed by atoms with Crippen molar-refractivity contribution in [2.75, 3.05) is 6.61 Å². The van der Waals surface area contributed by atoms with E-state index in [0.717, 1.165) is 70.5 Å². The number of halogens is 1. The molecular weight excluding hydrogens is 470 g/mol. The lowest BCUT2D eigenvalue weighted by Crippen LogP contribution is -2.16. The third kappa shape index (κ3) is 4.24. The lowest BCUT2D eigenvalue weighted by Gasteiger charge is -2.14. The van der Waals surface area contributed by atoms with Crippen molar-refractivity contribution in [2.24, 2.45) is 0 Å². The zero-order valence-corrected chi connectivity index (χ0v) is 19.9. The molecule has 1 atom stereocenters. The first kappa shape index (κ1) is 21.5. The van der Waals surface area contributed by atoms with E-state index in [-0.39, 0.29) is 6.10 Å². The highest BCUT2D eigenvalue weighted by Gasteiger charge is 2.23. The molecule has 0 spiro atoms. The van der Waals surface area contributed by atoms with E-state index in [9.17, 15) is 0 Å². The number of hydrogen-bond acceptors (Lipinski definition) is 6. The SMILES string of the molecule is Clc1ccc(-c2cc(CSc3nnc(-c4c[nH]c5ccccc45)n3CC3CCCO3)on2)cc1. The number of H-pyrrole nitrogens is 1. The van der Waals surface area contributed by atoms with Gasteiger partial charge in [-0.25, -0.2) is 0 Å². The lowest BCUT2D eigenvalue weighted by atomic mass is 10.1. The van der Waals surface area contributed by atoms with Gasteiger partial charge in [-0.3, -0.25) is 4.57 Å². The Morgan fingerprint density at radius 3 is 2.85 bits per heavy atom. The summed E-state index contributed by atoms with van der Waals surface area (Å²) in [5, 5.41) is 16.0. The fraction of sp³-hybridized carbons (Fsp3) is 0.240. The van der Waals surface area contributed by atoms with Gasteiger partial charge < -0.3 is 14.2 Å². The number of para-hydroxylation sites is 1. The lowest BCUT2D eigenvalue weighted by molar-refractivity contribution is 0.0953. The molecule has 1 N–H and O–H groups in total. The van der Waals surface area contributed by atoms with Crippen LogP contribution >= 0.6 is 23.4 Å². The van der Waals surface area contributed by atoms with Gasteiger partial charge in [-0.2, -0.15) is 0 Å². The van der Waals surface area contributed by atoms with Crippen molar-refractivity contribution in [3.63, 3.8) is 0 Å². The van der Waals surface area contributed by atoms with Gasteiger partial charge in [0.05, 0.1) is 18.4 Å². The van der Waals surface area contributed by atoms with Crippen LogP contribution in [-0.2, 0) is 17.0 Å². The van der Waals surface area contributed by atoms with Crippen LogP contribution in [0.25, 0.3) is 33.5 Å². The van der Waals surface area contributed by atoms with Crippen molar-refractivity contribution >= 4 is 34.3 Å². The fourth-order valence-corrected chi connectivity index (χ4v) is 5.23. The second kappa shape index (κ2) is 9.29. The summed E-state index contributed by atoms with van der Waals surface area (Å²) in [7, 11) is 0. The second-order valence-electron chi connectivity index (χ2n) is 8.27. The maximum atomic E-state index is 6.00. The minimum Gasteiger partial charge on any atom is -0.376 e. The van der Waals surface area contributed by atoms with Crippen molar-refractivity contribution < 1.29 is 9.26 Å². The summed E-state index contributed by atoms with van der Waals surface area (Å²) in [5.41, 5.74) is 3.87. The number of nitrogens with one attached hydrogen (secondary N) is 1. The van der Waals surface area contributed by atoms with Crippen LogP contribution in [0.2, 0.25) is 5.02 Å². The predicted octanol–water partition coefficient (Wildman–Crippen LogP) is 6.21. The van der Waals surface area contributed by atoms with Gasteiger partial charge in [-0.15, -0.1) is 10.2 Å². The van der Waals surface area contributed by atoms with Crippen LogP contribution in [-0.4, -0.2) is 37.6 Å². The van der Waals surface area contributed by atoms with E-state index >= 15 is 0 Å². The van der Waals surface area contributed by atoms with Gasteiger partial charge in [0.15, 0.2) is 11.0 Å². The molecule has 0 radical (unpaired) electrons. The number of benzene rings is 2. The number of thioether (sulfide) groups is 1. The van der Waals surface area contributed by atoms with Crippen molar-refractivity contribution in [1.29, 1.82) is 0 Å². The van der Waals surface area contributed by atoms with Crippen molar-refractivity contribution in [3.8, 4) is 22.6 Å². The molecule has 6 rings (SSSR count). The minimum absolute atomic E-state index is 0.168. The van der Waals surface area contributed by atoms with E-state index in [1.54, 1.807) is 11.8 Å². The first-order valence-electron chi connectivity index (χ1n) is 11.2. The number of rotatable bonds is 7. The quantitative estimate of drug-likeness (QED) is 0.273. The maximum Gasteiger partial charge on any atom is 0.192 e. The molecule has 172 valence electrons. The van der Waals surface area contributed by atoms with Gasteiger partial charge in [-0.1, -0.05) is 58.9 Å². The first-order valence-corrected chi connectivity index (χ1v) is 12.6. The molecule has 0 bridgehead atoms. The third-order valence-corrected chi connectivity index (χ3v) is 7.24. The van der Waals surface area contributed by atoms with Crippen LogP contribution in [0.15, 0.2) is 70.5 Å². The van der Waals surface area contributed by atoms with E-state index in [0.29, 0.717) is 10.8 Å². The van der Waals surface area contributed by atoms with Crippen LogP contribution in [0.4, 0.5) is 0 Å². The molecule has 1 unspecified atom stereocenters. The summed E-state index contributed by atoms with van der Waals surface area (Å²) < 4.78 is 13.7. The van der Waals surface area contributed by atoms with Crippen LogP contribution in [0.5, 0.6) is 0 Å². The Morgan fingerprint density at radius 2 is 2.00 bits per heavy atom. The Balaban J connectivity index is 1.27. The largest absolute Gasteiger partial charge is 0.376 e. The highest BCUT2D eigenvalue weighted by molar-refractivity contribution is 7.98. The van der Waals surface area contributed by atoms with E-state index in [2.05, 4.69) is 37.0 Å². The summed E-state index contributed by atoms with van der Waals surface area (Å²) >= 11 is 7.58. The predicted molar refractivity (Wildman–Crippen MR) is 133 cm³/mol. The van der Waals surface area contributed by atoms with Gasteiger partial charge in [0.25, 0.3) is 0 Å². The molecule has 0 amide bonds. The average molecular weight is 492 g/mol. The summed E-state index contributed by atoms with van der Waals surface area (Å²) in [6.45, 7) is 1.53. The molecule has 2 aromatic carbocycles. The second-order valence-corrected chi connectivity index (χ2v) is 9.65. The molecule has 1 aliphatic heterocycles. The molecule has 34 heavy (non-hydrogen) atoms. The molecular formula is C25H22ClN5O2S. The number of hydrogen-bond donors (Lipinski definition) is 1. The topological polar surface area (TPSA) is 81.8 Å². The molecule has 5 aromatic rings. The van der Waals surface area contributed by atoms with E-state index < -0.39 is 0 Å². The highest BCUT2D eigenvalue weighted by atomic mass is 35.5. The summed E-state index contributed by atoms with van der Waals surface area (Å²) in [6.07, 6.45) is 4.30. The summed E-state index contributed by atoms with van der Waals surface area (Å²) in [6, 6.07) is 17.8. The zero-order chi connectivity index (χ0) is 22.9. The monoisotopic (exact) mass is 491 g/mol. The van der Waals surface area contributed by atoms with E-state index in [1.807, 2.05) is 48.7 Å². The van der Waals surface area contributed by atoms with Crippen LogP contribution in [0.1, 0.15) is 18.6 Å². The number of aromatic amines is 1.